The van der Waals surface area contributed by atoms with E-state index in [4.69, 9.17) is 9.97 Å². The third-order valence-corrected chi connectivity index (χ3v) is 7.87. The highest BCUT2D eigenvalue weighted by atomic mass is 19.1. The number of hydrogen-bond acceptors (Lipinski definition) is 3. The highest BCUT2D eigenvalue weighted by Gasteiger charge is 2.41. The van der Waals surface area contributed by atoms with Crippen LogP contribution in [0.15, 0.2) is 54.9 Å². The molecule has 0 amide bonds. The molecule has 4 nitrogen and oxygen atoms in total. The van der Waals surface area contributed by atoms with E-state index < -0.39 is 0 Å². The first-order valence-electron chi connectivity index (χ1n) is 11.7. The summed E-state index contributed by atoms with van der Waals surface area (Å²) in [6.07, 6.45) is 9.55. The van der Waals surface area contributed by atoms with Crippen molar-refractivity contribution in [3.8, 4) is 22.6 Å². The smallest absolute Gasteiger partial charge is 0.162 e. The van der Waals surface area contributed by atoms with Crippen molar-refractivity contribution in [3.05, 3.63) is 66.4 Å². The summed E-state index contributed by atoms with van der Waals surface area (Å²) in [7, 11) is 0. The summed E-state index contributed by atoms with van der Waals surface area (Å²) >= 11 is 0. The zero-order chi connectivity index (χ0) is 21.7. The number of rotatable bonds is 4. The molecule has 0 spiro atoms. The van der Waals surface area contributed by atoms with Crippen molar-refractivity contribution in [1.29, 1.82) is 0 Å². The van der Waals surface area contributed by atoms with Gasteiger partial charge in [0.05, 0.1) is 11.9 Å². The summed E-state index contributed by atoms with van der Waals surface area (Å²) in [5.74, 6) is 3.37. The molecule has 0 saturated heterocycles. The number of aromatic amines is 1. The lowest BCUT2D eigenvalue weighted by Gasteiger charge is -2.47. The summed E-state index contributed by atoms with van der Waals surface area (Å²) in [6.45, 7) is 2.44. The Bertz CT molecular complexity index is 1260. The molecule has 3 saturated carbocycles. The number of nitrogens with zero attached hydrogens (tertiary/aromatic N) is 3. The molecule has 2 bridgehead atoms. The van der Waals surface area contributed by atoms with Gasteiger partial charge in [-0.05, 0) is 67.9 Å². The number of nitrogens with one attached hydrogen (secondary N) is 1. The Morgan fingerprint density at radius 1 is 1.00 bits per heavy atom. The molecule has 3 fully saturated rings. The first kappa shape index (κ1) is 19.6. The van der Waals surface area contributed by atoms with Crippen molar-refractivity contribution in [2.45, 2.75) is 39.0 Å². The lowest BCUT2D eigenvalue weighted by Crippen LogP contribution is -2.39. The number of H-pyrrole nitrogens is 1. The Labute approximate surface area is 187 Å². The van der Waals surface area contributed by atoms with Crippen LogP contribution in [0.25, 0.3) is 33.7 Å². The van der Waals surface area contributed by atoms with Crippen molar-refractivity contribution >= 4 is 11.0 Å². The molecule has 2 atom stereocenters. The van der Waals surface area contributed by atoms with E-state index in [-0.39, 0.29) is 5.82 Å². The average Bonchev–Trinajstić information content (AvgIpc) is 3.25. The Balaban J connectivity index is 1.45. The average molecular weight is 427 g/mol. The Morgan fingerprint density at radius 3 is 2.56 bits per heavy atom. The zero-order valence-corrected chi connectivity index (χ0v) is 18.3. The third-order valence-electron chi connectivity index (χ3n) is 7.87. The molecular formula is C27H27FN4. The molecule has 3 heterocycles. The number of aromatic nitrogens is 4. The molecule has 5 heteroatoms. The largest absolute Gasteiger partial charge is 0.345 e. The van der Waals surface area contributed by atoms with E-state index in [1.165, 1.54) is 37.9 Å². The number of halogens is 1. The Hall–Kier alpha value is -3.08. The molecule has 0 aliphatic heterocycles. The highest BCUT2D eigenvalue weighted by molar-refractivity contribution is 5.91. The normalized spacial score (nSPS) is 24.8. The van der Waals surface area contributed by atoms with E-state index in [9.17, 15) is 4.39 Å². The van der Waals surface area contributed by atoms with Crippen LogP contribution in [0.3, 0.4) is 0 Å². The summed E-state index contributed by atoms with van der Waals surface area (Å²) in [5.41, 5.74) is 4.51. The van der Waals surface area contributed by atoms with Crippen LogP contribution in [0, 0.1) is 29.5 Å². The van der Waals surface area contributed by atoms with E-state index in [2.05, 4.69) is 35.1 Å². The molecule has 3 aliphatic carbocycles. The molecule has 1 aromatic carbocycles. The molecule has 4 aromatic rings. The van der Waals surface area contributed by atoms with Crippen molar-refractivity contribution in [2.75, 3.05) is 0 Å². The van der Waals surface area contributed by atoms with E-state index in [0.29, 0.717) is 22.8 Å². The fourth-order valence-corrected chi connectivity index (χ4v) is 6.11. The van der Waals surface area contributed by atoms with Gasteiger partial charge in [-0.1, -0.05) is 37.3 Å². The standard InChI is InChI=1S/C27H27FN4/c1-16-17-7-9-18(10-8-17)22(16)12-21-13-25(19-5-3-2-4-6-19)32-27(31-21)24-15-30-26-23(24)11-20(28)14-29-26/h2-6,11,13-18,22H,7-10,12H2,1H3,(H,29,30)/t16-,17?,18?,22+/m0/s1. The molecule has 0 unspecified atom stereocenters. The lowest BCUT2D eigenvalue weighted by atomic mass is 9.58. The maximum Gasteiger partial charge on any atom is 0.162 e. The summed E-state index contributed by atoms with van der Waals surface area (Å²) in [4.78, 5) is 17.2. The van der Waals surface area contributed by atoms with Crippen molar-refractivity contribution in [1.82, 2.24) is 19.9 Å². The molecule has 7 rings (SSSR count). The third kappa shape index (κ3) is 3.40. The maximum absolute atomic E-state index is 14.0. The van der Waals surface area contributed by atoms with E-state index in [1.807, 2.05) is 24.4 Å². The molecule has 162 valence electrons. The molecule has 1 N–H and O–H groups in total. The van der Waals surface area contributed by atoms with E-state index in [1.54, 1.807) is 0 Å². The quantitative estimate of drug-likeness (QED) is 0.408. The predicted molar refractivity (Wildman–Crippen MR) is 124 cm³/mol. The van der Waals surface area contributed by atoms with Gasteiger partial charge in [0.1, 0.15) is 11.5 Å². The second-order valence-electron chi connectivity index (χ2n) is 9.59. The van der Waals surface area contributed by atoms with Crippen LogP contribution in [0.2, 0.25) is 0 Å². The van der Waals surface area contributed by atoms with Gasteiger partial charge in [-0.15, -0.1) is 0 Å². The van der Waals surface area contributed by atoms with Gasteiger partial charge in [0, 0.05) is 28.4 Å². The van der Waals surface area contributed by atoms with Gasteiger partial charge in [-0.3, -0.25) is 0 Å². The number of fused-ring (bicyclic) bond motifs is 4. The lowest BCUT2D eigenvalue weighted by molar-refractivity contribution is 0.0339. The van der Waals surface area contributed by atoms with Gasteiger partial charge >= 0.3 is 0 Å². The van der Waals surface area contributed by atoms with Crippen molar-refractivity contribution in [2.24, 2.45) is 23.7 Å². The summed E-state index contributed by atoms with van der Waals surface area (Å²) in [6, 6.07) is 13.9. The van der Waals surface area contributed by atoms with Crippen molar-refractivity contribution in [3.63, 3.8) is 0 Å². The van der Waals surface area contributed by atoms with E-state index >= 15 is 0 Å². The topological polar surface area (TPSA) is 54.5 Å². The van der Waals surface area contributed by atoms with Crippen LogP contribution in [0.1, 0.15) is 38.3 Å². The van der Waals surface area contributed by atoms with E-state index in [0.717, 1.165) is 46.7 Å². The van der Waals surface area contributed by atoms with Gasteiger partial charge in [0.15, 0.2) is 5.82 Å². The SMILES string of the molecule is C[C@H]1C2CCC(CC2)[C@@H]1Cc1cc(-c2ccccc2)nc(-c2c[nH]c3ncc(F)cc23)n1. The minimum Gasteiger partial charge on any atom is -0.345 e. The van der Waals surface area contributed by atoms with Crippen LogP contribution in [-0.4, -0.2) is 19.9 Å². The Morgan fingerprint density at radius 2 is 1.78 bits per heavy atom. The monoisotopic (exact) mass is 426 g/mol. The highest BCUT2D eigenvalue weighted by Crippen LogP contribution is 2.49. The molecule has 32 heavy (non-hydrogen) atoms. The fraction of sp³-hybridized carbons (Fsp3) is 0.370. The number of benzene rings is 1. The maximum atomic E-state index is 14.0. The minimum absolute atomic E-state index is 0.357. The first-order chi connectivity index (χ1) is 15.7. The minimum atomic E-state index is -0.357. The van der Waals surface area contributed by atoms with Crippen LogP contribution >= 0.6 is 0 Å². The van der Waals surface area contributed by atoms with Crippen molar-refractivity contribution < 1.29 is 4.39 Å². The zero-order valence-electron chi connectivity index (χ0n) is 18.3. The van der Waals surface area contributed by atoms with Gasteiger partial charge in [0.2, 0.25) is 0 Å². The van der Waals surface area contributed by atoms with Crippen LogP contribution in [0.5, 0.6) is 0 Å². The molecule has 0 radical (unpaired) electrons. The summed E-state index contributed by atoms with van der Waals surface area (Å²) in [5, 5.41) is 0.714. The van der Waals surface area contributed by atoms with Gasteiger partial charge < -0.3 is 4.98 Å². The van der Waals surface area contributed by atoms with Gasteiger partial charge in [-0.25, -0.2) is 19.3 Å². The summed E-state index contributed by atoms with van der Waals surface area (Å²) < 4.78 is 14.0. The fourth-order valence-electron chi connectivity index (χ4n) is 6.11. The molecular weight excluding hydrogens is 399 g/mol. The van der Waals surface area contributed by atoms with Crippen LogP contribution < -0.4 is 0 Å². The van der Waals surface area contributed by atoms with Gasteiger partial charge in [-0.2, -0.15) is 0 Å². The number of pyridine rings is 1. The first-order valence-corrected chi connectivity index (χ1v) is 11.7. The van der Waals surface area contributed by atoms with Crippen LogP contribution in [0.4, 0.5) is 4.39 Å². The number of hydrogen-bond donors (Lipinski definition) is 1. The second kappa shape index (κ2) is 7.80. The molecule has 3 aliphatic rings. The predicted octanol–water partition coefficient (Wildman–Crippen LogP) is 6.44. The Kier molecular flexibility index (Phi) is 4.78. The van der Waals surface area contributed by atoms with Crippen LogP contribution in [-0.2, 0) is 6.42 Å². The molecule has 3 aromatic heterocycles. The second-order valence-corrected chi connectivity index (χ2v) is 9.59. The van der Waals surface area contributed by atoms with Gasteiger partial charge in [0.25, 0.3) is 0 Å².